The van der Waals surface area contributed by atoms with Crippen LogP contribution in [-0.4, -0.2) is 17.4 Å². The summed E-state index contributed by atoms with van der Waals surface area (Å²) in [5, 5.41) is 3.04. The van der Waals surface area contributed by atoms with Crippen LogP contribution in [0, 0.1) is 6.92 Å². The van der Waals surface area contributed by atoms with Gasteiger partial charge in [-0.3, -0.25) is 4.79 Å². The van der Waals surface area contributed by atoms with E-state index in [9.17, 15) is 4.79 Å². The van der Waals surface area contributed by atoms with Gasteiger partial charge in [0.05, 0.1) is 5.56 Å². The minimum absolute atomic E-state index is 0.114. The number of nitrogens with zero attached hydrogens (tertiary/aromatic N) is 1. The topological polar surface area (TPSA) is 20.3 Å². The van der Waals surface area contributed by atoms with Crippen molar-refractivity contribution in [1.29, 1.82) is 0 Å². The summed E-state index contributed by atoms with van der Waals surface area (Å²) in [6, 6.07) is 16.3. The Morgan fingerprint density at radius 3 is 2.59 bits per heavy atom. The van der Waals surface area contributed by atoms with E-state index in [4.69, 9.17) is 0 Å². The molecule has 1 aromatic heterocycles. The highest BCUT2D eigenvalue weighted by atomic mass is 32.1. The molecule has 0 spiro atoms. The molecule has 0 radical (unpaired) electrons. The SMILES string of the molecule is CCN(Cc1ccccc1C)C(=O)c1csc2ccccc12. The second-order valence-corrected chi connectivity index (χ2v) is 6.30. The number of carbonyl (C=O) groups is 1. The fraction of sp³-hybridized carbons (Fsp3) is 0.211. The minimum atomic E-state index is 0.114. The zero-order valence-electron chi connectivity index (χ0n) is 12.9. The summed E-state index contributed by atoms with van der Waals surface area (Å²) in [6.07, 6.45) is 0. The zero-order chi connectivity index (χ0) is 15.5. The molecule has 0 aliphatic carbocycles. The first kappa shape index (κ1) is 14.8. The molecule has 2 nitrogen and oxygen atoms in total. The van der Waals surface area contributed by atoms with Gasteiger partial charge in [0.15, 0.2) is 0 Å². The van der Waals surface area contributed by atoms with Gasteiger partial charge in [-0.05, 0) is 31.0 Å². The van der Waals surface area contributed by atoms with Gasteiger partial charge in [-0.2, -0.15) is 0 Å². The highest BCUT2D eigenvalue weighted by Crippen LogP contribution is 2.27. The molecule has 2 aromatic carbocycles. The maximum Gasteiger partial charge on any atom is 0.255 e. The number of hydrogen-bond acceptors (Lipinski definition) is 2. The lowest BCUT2D eigenvalue weighted by Gasteiger charge is -2.21. The van der Waals surface area contributed by atoms with Crippen molar-refractivity contribution in [3.8, 4) is 0 Å². The summed E-state index contributed by atoms with van der Waals surface area (Å²) >= 11 is 1.63. The maximum absolute atomic E-state index is 12.9. The molecule has 3 rings (SSSR count). The van der Waals surface area contributed by atoms with Crippen LogP contribution in [0.5, 0.6) is 0 Å². The van der Waals surface area contributed by atoms with Crippen molar-refractivity contribution in [2.45, 2.75) is 20.4 Å². The number of carbonyl (C=O) groups excluding carboxylic acids is 1. The lowest BCUT2D eigenvalue weighted by Crippen LogP contribution is -2.30. The maximum atomic E-state index is 12.9. The summed E-state index contributed by atoms with van der Waals surface area (Å²) in [6.45, 7) is 5.49. The van der Waals surface area contributed by atoms with E-state index in [1.165, 1.54) is 11.1 Å². The van der Waals surface area contributed by atoms with E-state index in [0.717, 1.165) is 15.6 Å². The van der Waals surface area contributed by atoms with Crippen LogP contribution >= 0.6 is 11.3 Å². The number of fused-ring (bicyclic) bond motifs is 1. The van der Waals surface area contributed by atoms with E-state index in [0.29, 0.717) is 13.1 Å². The van der Waals surface area contributed by atoms with Gasteiger partial charge in [-0.1, -0.05) is 42.5 Å². The third-order valence-electron chi connectivity index (χ3n) is 4.00. The molecule has 3 heteroatoms. The van der Waals surface area contributed by atoms with Gasteiger partial charge in [0.1, 0.15) is 0 Å². The molecule has 0 saturated heterocycles. The van der Waals surface area contributed by atoms with Crippen LogP contribution in [0.2, 0.25) is 0 Å². The number of aryl methyl sites for hydroxylation is 1. The second kappa shape index (κ2) is 6.32. The number of hydrogen-bond donors (Lipinski definition) is 0. The van der Waals surface area contributed by atoms with Gasteiger partial charge >= 0.3 is 0 Å². The van der Waals surface area contributed by atoms with Crippen LogP contribution in [0.1, 0.15) is 28.4 Å². The molecule has 0 unspecified atom stereocenters. The monoisotopic (exact) mass is 309 g/mol. The molecule has 0 N–H and O–H groups in total. The fourth-order valence-corrected chi connectivity index (χ4v) is 3.57. The first-order valence-electron chi connectivity index (χ1n) is 7.50. The molecular formula is C19H19NOS. The van der Waals surface area contributed by atoms with E-state index in [2.05, 4.69) is 25.1 Å². The van der Waals surface area contributed by atoms with Gasteiger partial charge in [0, 0.05) is 28.6 Å². The van der Waals surface area contributed by atoms with Crippen LogP contribution in [0.15, 0.2) is 53.9 Å². The molecule has 1 amide bonds. The van der Waals surface area contributed by atoms with E-state index < -0.39 is 0 Å². The Labute approximate surface area is 135 Å². The van der Waals surface area contributed by atoms with Crippen molar-refractivity contribution >= 4 is 27.3 Å². The van der Waals surface area contributed by atoms with Crippen molar-refractivity contribution in [3.05, 3.63) is 70.6 Å². The number of thiophene rings is 1. The summed E-state index contributed by atoms with van der Waals surface area (Å²) in [7, 11) is 0. The zero-order valence-corrected chi connectivity index (χ0v) is 13.7. The molecule has 22 heavy (non-hydrogen) atoms. The number of rotatable bonds is 4. The summed E-state index contributed by atoms with van der Waals surface area (Å²) in [5.74, 6) is 0.114. The molecule has 3 aromatic rings. The summed E-state index contributed by atoms with van der Waals surface area (Å²) in [5.41, 5.74) is 3.25. The van der Waals surface area contributed by atoms with Gasteiger partial charge in [-0.15, -0.1) is 11.3 Å². The normalized spacial score (nSPS) is 10.8. The van der Waals surface area contributed by atoms with Crippen LogP contribution in [0.3, 0.4) is 0 Å². The van der Waals surface area contributed by atoms with Gasteiger partial charge in [0.2, 0.25) is 0 Å². The Morgan fingerprint density at radius 1 is 1.09 bits per heavy atom. The third kappa shape index (κ3) is 2.77. The standard InChI is InChI=1S/C19H19NOS/c1-3-20(12-15-9-5-4-8-14(15)2)19(21)17-13-22-18-11-7-6-10-16(17)18/h4-11,13H,3,12H2,1-2H3. The quantitative estimate of drug-likeness (QED) is 0.673. The molecular weight excluding hydrogens is 290 g/mol. The molecule has 112 valence electrons. The molecule has 1 heterocycles. The number of benzene rings is 2. The van der Waals surface area contributed by atoms with Crippen molar-refractivity contribution in [1.82, 2.24) is 4.90 Å². The molecule has 0 bridgehead atoms. The van der Waals surface area contributed by atoms with E-state index in [1.807, 2.05) is 47.5 Å². The van der Waals surface area contributed by atoms with E-state index in [-0.39, 0.29) is 5.91 Å². The molecule has 0 saturated carbocycles. The van der Waals surface area contributed by atoms with Gasteiger partial charge in [0.25, 0.3) is 5.91 Å². The van der Waals surface area contributed by atoms with Crippen LogP contribution in [-0.2, 0) is 6.54 Å². The molecule has 0 aliphatic rings. The number of amides is 1. The Kier molecular flexibility index (Phi) is 4.25. The minimum Gasteiger partial charge on any atom is -0.335 e. The average molecular weight is 309 g/mol. The third-order valence-corrected chi connectivity index (χ3v) is 4.97. The Balaban J connectivity index is 1.90. The van der Waals surface area contributed by atoms with Crippen molar-refractivity contribution in [2.75, 3.05) is 6.54 Å². The molecule has 0 atom stereocenters. The highest BCUT2D eigenvalue weighted by Gasteiger charge is 2.18. The second-order valence-electron chi connectivity index (χ2n) is 5.39. The molecule has 0 aliphatic heterocycles. The Hall–Kier alpha value is -2.13. The predicted octanol–water partition coefficient (Wildman–Crippen LogP) is 4.87. The first-order chi connectivity index (χ1) is 10.7. The lowest BCUT2D eigenvalue weighted by atomic mass is 10.1. The highest BCUT2D eigenvalue weighted by molar-refractivity contribution is 7.17. The smallest absolute Gasteiger partial charge is 0.255 e. The van der Waals surface area contributed by atoms with Crippen LogP contribution in [0.4, 0.5) is 0 Å². The lowest BCUT2D eigenvalue weighted by molar-refractivity contribution is 0.0755. The summed E-state index contributed by atoms with van der Waals surface area (Å²) < 4.78 is 1.16. The largest absolute Gasteiger partial charge is 0.335 e. The van der Waals surface area contributed by atoms with Crippen molar-refractivity contribution in [2.24, 2.45) is 0 Å². The van der Waals surface area contributed by atoms with Gasteiger partial charge in [-0.25, -0.2) is 0 Å². The fourth-order valence-electron chi connectivity index (χ4n) is 2.63. The van der Waals surface area contributed by atoms with Crippen LogP contribution in [0.25, 0.3) is 10.1 Å². The Morgan fingerprint density at radius 2 is 1.82 bits per heavy atom. The first-order valence-corrected chi connectivity index (χ1v) is 8.38. The Bertz CT molecular complexity index is 806. The average Bonchev–Trinajstić information content (AvgIpc) is 2.97. The predicted molar refractivity (Wildman–Crippen MR) is 93.4 cm³/mol. The van der Waals surface area contributed by atoms with Crippen molar-refractivity contribution in [3.63, 3.8) is 0 Å². The summed E-state index contributed by atoms with van der Waals surface area (Å²) in [4.78, 5) is 14.8. The molecule has 0 fully saturated rings. The van der Waals surface area contributed by atoms with E-state index >= 15 is 0 Å². The van der Waals surface area contributed by atoms with Crippen molar-refractivity contribution < 1.29 is 4.79 Å². The van der Waals surface area contributed by atoms with Gasteiger partial charge < -0.3 is 4.90 Å². The van der Waals surface area contributed by atoms with E-state index in [1.54, 1.807) is 11.3 Å². The van der Waals surface area contributed by atoms with Crippen LogP contribution < -0.4 is 0 Å².